The first-order valence-electron chi connectivity index (χ1n) is 4.25. The molecule has 0 amide bonds. The summed E-state index contributed by atoms with van der Waals surface area (Å²) in [4.78, 5) is 0. The van der Waals surface area contributed by atoms with E-state index in [1.54, 1.807) is 0 Å². The third kappa shape index (κ3) is 3.20. The van der Waals surface area contributed by atoms with Gasteiger partial charge in [-0.2, -0.15) is 0 Å². The van der Waals surface area contributed by atoms with Gasteiger partial charge in [0, 0.05) is 0 Å². The van der Waals surface area contributed by atoms with Crippen molar-refractivity contribution in [2.45, 2.75) is 13.3 Å². The second-order valence-electron chi connectivity index (χ2n) is 2.64. The van der Waals surface area contributed by atoms with Gasteiger partial charge in [-0.15, -0.1) is 0 Å². The van der Waals surface area contributed by atoms with E-state index in [0.717, 1.165) is 6.42 Å². The molecule has 0 aliphatic carbocycles. The van der Waals surface area contributed by atoms with Crippen LogP contribution in [0, 0.1) is 0 Å². The molecule has 0 heteroatoms. The summed E-state index contributed by atoms with van der Waals surface area (Å²) in [6.07, 6.45) is 9.33. The van der Waals surface area contributed by atoms with Gasteiger partial charge in [0.2, 0.25) is 0 Å². The van der Waals surface area contributed by atoms with E-state index >= 15 is 0 Å². The Kier molecular flexibility index (Phi) is 3.93. The SMILES string of the molecule is C/C=C\C=C/Cc1ccccc1. The van der Waals surface area contributed by atoms with Crippen LogP contribution < -0.4 is 0 Å². The lowest BCUT2D eigenvalue weighted by atomic mass is 10.1. The average Bonchev–Trinajstić information content (AvgIpc) is 2.14. The monoisotopic (exact) mass is 158 g/mol. The van der Waals surface area contributed by atoms with Crippen molar-refractivity contribution in [3.05, 3.63) is 60.2 Å². The van der Waals surface area contributed by atoms with Crippen molar-refractivity contribution < 1.29 is 0 Å². The fraction of sp³-hybridized carbons (Fsp3) is 0.167. The third-order valence-electron chi connectivity index (χ3n) is 1.64. The van der Waals surface area contributed by atoms with Crippen LogP contribution in [-0.2, 0) is 6.42 Å². The molecule has 0 radical (unpaired) electrons. The molecule has 1 aromatic carbocycles. The number of allylic oxidation sites excluding steroid dienone is 4. The average molecular weight is 158 g/mol. The summed E-state index contributed by atoms with van der Waals surface area (Å²) in [5, 5.41) is 0. The Morgan fingerprint density at radius 2 is 1.83 bits per heavy atom. The first-order chi connectivity index (χ1) is 5.93. The Balaban J connectivity index is 2.43. The maximum Gasteiger partial charge on any atom is -0.00943 e. The molecule has 0 atom stereocenters. The number of rotatable bonds is 3. The molecule has 0 aromatic heterocycles. The van der Waals surface area contributed by atoms with E-state index in [1.807, 2.05) is 25.1 Å². The van der Waals surface area contributed by atoms with Gasteiger partial charge in [-0.25, -0.2) is 0 Å². The van der Waals surface area contributed by atoms with Crippen LogP contribution in [0.25, 0.3) is 0 Å². The quantitative estimate of drug-likeness (QED) is 0.592. The summed E-state index contributed by atoms with van der Waals surface area (Å²) in [7, 11) is 0. The Hall–Kier alpha value is -1.30. The van der Waals surface area contributed by atoms with Gasteiger partial charge >= 0.3 is 0 Å². The van der Waals surface area contributed by atoms with Gasteiger partial charge in [-0.05, 0) is 18.9 Å². The summed E-state index contributed by atoms with van der Waals surface area (Å²) >= 11 is 0. The lowest BCUT2D eigenvalue weighted by molar-refractivity contribution is 1.27. The zero-order valence-electron chi connectivity index (χ0n) is 7.40. The summed E-state index contributed by atoms with van der Waals surface area (Å²) in [6.45, 7) is 2.02. The molecule has 0 bridgehead atoms. The fourth-order valence-electron chi connectivity index (χ4n) is 1.01. The minimum absolute atomic E-state index is 1.02. The molecule has 12 heavy (non-hydrogen) atoms. The molecular weight excluding hydrogens is 144 g/mol. The summed E-state index contributed by atoms with van der Waals surface area (Å²) in [6, 6.07) is 10.5. The summed E-state index contributed by atoms with van der Waals surface area (Å²) in [5.74, 6) is 0. The highest BCUT2D eigenvalue weighted by Gasteiger charge is 1.83. The maximum atomic E-state index is 2.16. The van der Waals surface area contributed by atoms with Crippen molar-refractivity contribution in [1.82, 2.24) is 0 Å². The molecular formula is C12H14. The number of hydrogen-bond donors (Lipinski definition) is 0. The molecule has 1 rings (SSSR count). The zero-order valence-corrected chi connectivity index (χ0v) is 7.40. The van der Waals surface area contributed by atoms with Gasteiger partial charge in [0.25, 0.3) is 0 Å². The van der Waals surface area contributed by atoms with Crippen molar-refractivity contribution in [2.24, 2.45) is 0 Å². The third-order valence-corrected chi connectivity index (χ3v) is 1.64. The van der Waals surface area contributed by atoms with Gasteiger partial charge in [-0.1, -0.05) is 54.6 Å². The first kappa shape index (κ1) is 8.79. The second-order valence-corrected chi connectivity index (χ2v) is 2.64. The van der Waals surface area contributed by atoms with Gasteiger partial charge < -0.3 is 0 Å². The predicted octanol–water partition coefficient (Wildman–Crippen LogP) is 3.36. The minimum atomic E-state index is 1.02. The van der Waals surface area contributed by atoms with Crippen molar-refractivity contribution in [3.8, 4) is 0 Å². The van der Waals surface area contributed by atoms with E-state index in [0.29, 0.717) is 0 Å². The predicted molar refractivity (Wildman–Crippen MR) is 54.1 cm³/mol. The molecule has 0 unspecified atom stereocenters. The van der Waals surface area contributed by atoms with Crippen molar-refractivity contribution in [2.75, 3.05) is 0 Å². The topological polar surface area (TPSA) is 0 Å². The second kappa shape index (κ2) is 5.36. The fourth-order valence-corrected chi connectivity index (χ4v) is 1.01. The van der Waals surface area contributed by atoms with Crippen LogP contribution in [0.2, 0.25) is 0 Å². The van der Waals surface area contributed by atoms with Crippen molar-refractivity contribution in [1.29, 1.82) is 0 Å². The summed E-state index contributed by atoms with van der Waals surface area (Å²) < 4.78 is 0. The molecule has 1 aromatic rings. The molecule has 0 spiro atoms. The highest BCUT2D eigenvalue weighted by Crippen LogP contribution is 1.99. The van der Waals surface area contributed by atoms with E-state index in [2.05, 4.69) is 36.4 Å². The highest BCUT2D eigenvalue weighted by atomic mass is 13.9. The minimum Gasteiger partial charge on any atom is -0.0877 e. The van der Waals surface area contributed by atoms with Gasteiger partial charge in [0.1, 0.15) is 0 Å². The lowest BCUT2D eigenvalue weighted by Gasteiger charge is -1.92. The van der Waals surface area contributed by atoms with Crippen molar-refractivity contribution in [3.63, 3.8) is 0 Å². The first-order valence-corrected chi connectivity index (χ1v) is 4.25. The summed E-state index contributed by atoms with van der Waals surface area (Å²) in [5.41, 5.74) is 1.36. The Morgan fingerprint density at radius 3 is 2.50 bits per heavy atom. The smallest absolute Gasteiger partial charge is 0.00943 e. The highest BCUT2D eigenvalue weighted by molar-refractivity contribution is 5.18. The molecule has 0 nitrogen and oxygen atoms in total. The van der Waals surface area contributed by atoms with Gasteiger partial charge in [0.15, 0.2) is 0 Å². The van der Waals surface area contributed by atoms with Crippen LogP contribution in [0.5, 0.6) is 0 Å². The van der Waals surface area contributed by atoms with Crippen LogP contribution in [0.3, 0.4) is 0 Å². The van der Waals surface area contributed by atoms with Crippen LogP contribution in [0.4, 0.5) is 0 Å². The zero-order chi connectivity index (χ0) is 8.65. The number of benzene rings is 1. The molecule has 0 saturated heterocycles. The van der Waals surface area contributed by atoms with Crippen LogP contribution in [-0.4, -0.2) is 0 Å². The standard InChI is InChI=1S/C12H14/c1-2-3-4-6-9-12-10-7-5-8-11-12/h2-8,10-11H,9H2,1H3/b3-2-,6-4-. The van der Waals surface area contributed by atoms with Crippen molar-refractivity contribution >= 4 is 0 Å². The van der Waals surface area contributed by atoms with E-state index in [-0.39, 0.29) is 0 Å². The van der Waals surface area contributed by atoms with Crippen LogP contribution in [0.1, 0.15) is 12.5 Å². The molecule has 0 fully saturated rings. The Bertz CT molecular complexity index is 255. The molecule has 62 valence electrons. The van der Waals surface area contributed by atoms with E-state index in [1.165, 1.54) is 5.56 Å². The molecule has 0 aliphatic rings. The van der Waals surface area contributed by atoms with E-state index < -0.39 is 0 Å². The molecule has 0 N–H and O–H groups in total. The molecule has 0 aliphatic heterocycles. The molecule has 0 heterocycles. The largest absolute Gasteiger partial charge is 0.0877 e. The number of hydrogen-bond acceptors (Lipinski definition) is 0. The van der Waals surface area contributed by atoms with Crippen LogP contribution >= 0.6 is 0 Å². The Morgan fingerprint density at radius 1 is 1.08 bits per heavy atom. The van der Waals surface area contributed by atoms with E-state index in [9.17, 15) is 0 Å². The Labute approximate surface area is 74.2 Å². The normalized spacial score (nSPS) is 11.4. The lowest BCUT2D eigenvalue weighted by Crippen LogP contribution is -1.77. The van der Waals surface area contributed by atoms with Gasteiger partial charge in [-0.3, -0.25) is 0 Å². The van der Waals surface area contributed by atoms with Gasteiger partial charge in [0.05, 0.1) is 0 Å². The maximum absolute atomic E-state index is 2.16. The van der Waals surface area contributed by atoms with Crippen LogP contribution in [0.15, 0.2) is 54.6 Å². The van der Waals surface area contributed by atoms with E-state index in [4.69, 9.17) is 0 Å². The molecule has 0 saturated carbocycles.